The second kappa shape index (κ2) is 4.76. The molecule has 1 saturated heterocycles. The Kier molecular flexibility index (Phi) is 2.84. The number of anilines is 2. The molecule has 5 rings (SSSR count). The van der Waals surface area contributed by atoms with Crippen LogP contribution in [0.25, 0.3) is 0 Å². The number of hydrogen-bond acceptors (Lipinski definition) is 4. The molecule has 4 nitrogen and oxygen atoms in total. The number of fused-ring (bicyclic) bond motifs is 3. The summed E-state index contributed by atoms with van der Waals surface area (Å²) in [4.78, 5) is 15.1. The number of hydrogen-bond donors (Lipinski definition) is 1. The Morgan fingerprint density at radius 3 is 2.96 bits per heavy atom. The van der Waals surface area contributed by atoms with Crippen molar-refractivity contribution in [2.75, 3.05) is 23.9 Å². The van der Waals surface area contributed by atoms with Gasteiger partial charge in [-0.3, -0.25) is 4.79 Å². The minimum atomic E-state index is -0.312. The van der Waals surface area contributed by atoms with Crippen molar-refractivity contribution in [2.24, 2.45) is 0 Å². The Morgan fingerprint density at radius 1 is 1.25 bits per heavy atom. The minimum Gasteiger partial charge on any atom is -0.465 e. The van der Waals surface area contributed by atoms with Gasteiger partial charge in [-0.25, -0.2) is 0 Å². The van der Waals surface area contributed by atoms with Crippen molar-refractivity contribution in [3.63, 3.8) is 0 Å². The lowest BCUT2D eigenvalue weighted by atomic mass is 9.62. The largest absolute Gasteiger partial charge is 0.465 e. The number of benzene rings is 2. The molecule has 3 heterocycles. The van der Waals surface area contributed by atoms with Gasteiger partial charge < -0.3 is 15.0 Å². The van der Waals surface area contributed by atoms with Gasteiger partial charge in [0.15, 0.2) is 0 Å². The summed E-state index contributed by atoms with van der Waals surface area (Å²) in [6.07, 6.45) is 0.856. The van der Waals surface area contributed by atoms with Crippen molar-refractivity contribution in [3.8, 4) is 0 Å². The standard InChI is InChI=1S/C19H17BrN2O2/c1-22-14-8-4-6-12(20)16(14)19-9-10-24-17(23)15(19)11-5-2-3-7-13(11)21-18(19)22/h2-8,15,18,21H,9-10H2,1H3/t15-,18+,19-/m0/s1. The molecule has 0 aromatic heterocycles. The molecular formula is C19H17BrN2O2. The van der Waals surface area contributed by atoms with Crippen LogP contribution in [0.1, 0.15) is 23.5 Å². The molecule has 0 unspecified atom stereocenters. The number of cyclic esters (lactones) is 1. The Hall–Kier alpha value is -2.01. The molecule has 1 fully saturated rings. The number of para-hydroxylation sites is 1. The monoisotopic (exact) mass is 384 g/mol. The van der Waals surface area contributed by atoms with E-state index in [9.17, 15) is 4.79 Å². The molecule has 1 N–H and O–H groups in total. The second-order valence-corrected chi connectivity index (χ2v) is 7.62. The van der Waals surface area contributed by atoms with Gasteiger partial charge in [0, 0.05) is 28.5 Å². The summed E-state index contributed by atoms with van der Waals surface area (Å²) in [7, 11) is 2.10. The molecule has 2 aromatic rings. The second-order valence-electron chi connectivity index (χ2n) is 6.77. The first-order valence-corrected chi connectivity index (χ1v) is 8.98. The van der Waals surface area contributed by atoms with Crippen molar-refractivity contribution >= 4 is 33.3 Å². The fourth-order valence-electron chi connectivity index (χ4n) is 4.87. The number of carbonyl (C=O) groups is 1. The van der Waals surface area contributed by atoms with E-state index in [4.69, 9.17) is 4.74 Å². The van der Waals surface area contributed by atoms with Crippen LogP contribution in [0.5, 0.6) is 0 Å². The third-order valence-electron chi connectivity index (χ3n) is 5.79. The summed E-state index contributed by atoms with van der Waals surface area (Å²) in [5.41, 5.74) is 4.15. The summed E-state index contributed by atoms with van der Waals surface area (Å²) in [6, 6.07) is 14.4. The highest BCUT2D eigenvalue weighted by Gasteiger charge is 2.62. The Balaban J connectivity index is 1.85. The van der Waals surface area contributed by atoms with Gasteiger partial charge in [0.25, 0.3) is 0 Å². The maximum absolute atomic E-state index is 12.9. The van der Waals surface area contributed by atoms with Crippen molar-refractivity contribution in [1.29, 1.82) is 0 Å². The average molecular weight is 385 g/mol. The lowest BCUT2D eigenvalue weighted by molar-refractivity contribution is -0.153. The molecule has 3 aliphatic heterocycles. The predicted molar refractivity (Wildman–Crippen MR) is 96.4 cm³/mol. The average Bonchev–Trinajstić information content (AvgIpc) is 2.83. The molecule has 0 radical (unpaired) electrons. The summed E-state index contributed by atoms with van der Waals surface area (Å²) in [5.74, 6) is -0.395. The van der Waals surface area contributed by atoms with E-state index in [0.29, 0.717) is 6.61 Å². The van der Waals surface area contributed by atoms with Gasteiger partial charge in [0.2, 0.25) is 0 Å². The fraction of sp³-hybridized carbons (Fsp3) is 0.316. The first-order chi connectivity index (χ1) is 11.6. The molecule has 0 amide bonds. The quantitative estimate of drug-likeness (QED) is 0.704. The molecule has 24 heavy (non-hydrogen) atoms. The van der Waals surface area contributed by atoms with Crippen LogP contribution in [0.4, 0.5) is 11.4 Å². The molecule has 3 aliphatic rings. The molecule has 0 bridgehead atoms. The number of rotatable bonds is 0. The van der Waals surface area contributed by atoms with Crippen LogP contribution in [0.15, 0.2) is 46.9 Å². The van der Waals surface area contributed by atoms with Gasteiger partial charge in [-0.2, -0.15) is 0 Å². The number of halogens is 1. The predicted octanol–water partition coefficient (Wildman–Crippen LogP) is 3.62. The van der Waals surface area contributed by atoms with Crippen LogP contribution in [0, 0.1) is 0 Å². The summed E-state index contributed by atoms with van der Waals surface area (Å²) in [6.45, 7) is 0.463. The van der Waals surface area contributed by atoms with E-state index in [1.165, 1.54) is 11.3 Å². The Labute approximate surface area is 148 Å². The van der Waals surface area contributed by atoms with Crippen LogP contribution in [0.2, 0.25) is 0 Å². The maximum Gasteiger partial charge on any atom is 0.314 e. The van der Waals surface area contributed by atoms with Crippen LogP contribution < -0.4 is 10.2 Å². The van der Waals surface area contributed by atoms with E-state index < -0.39 is 0 Å². The number of esters is 1. The van der Waals surface area contributed by atoms with E-state index >= 15 is 0 Å². The zero-order valence-electron chi connectivity index (χ0n) is 13.3. The van der Waals surface area contributed by atoms with Crippen LogP contribution >= 0.6 is 15.9 Å². The van der Waals surface area contributed by atoms with Crippen LogP contribution in [0.3, 0.4) is 0 Å². The highest BCUT2D eigenvalue weighted by atomic mass is 79.9. The number of ether oxygens (including phenoxy) is 1. The SMILES string of the molecule is CN1c2cccc(Br)c2[C@]23CCOC(=O)[C@@H]2c2ccccc2N[C@H]13. The molecule has 3 atom stereocenters. The van der Waals surface area contributed by atoms with Gasteiger partial charge in [-0.05, 0) is 30.2 Å². The highest BCUT2D eigenvalue weighted by molar-refractivity contribution is 9.10. The third-order valence-corrected chi connectivity index (χ3v) is 6.45. The first kappa shape index (κ1) is 14.3. The fourth-order valence-corrected chi connectivity index (χ4v) is 5.59. The van der Waals surface area contributed by atoms with E-state index in [0.717, 1.165) is 22.1 Å². The van der Waals surface area contributed by atoms with Crippen LogP contribution in [-0.4, -0.2) is 25.8 Å². The first-order valence-electron chi connectivity index (χ1n) is 8.18. The molecule has 5 heteroatoms. The topological polar surface area (TPSA) is 41.6 Å². The van der Waals surface area contributed by atoms with E-state index in [2.05, 4.69) is 51.4 Å². The van der Waals surface area contributed by atoms with E-state index in [1.807, 2.05) is 24.3 Å². The molecule has 1 spiro atoms. The Morgan fingerprint density at radius 2 is 2.08 bits per heavy atom. The normalized spacial score (nSPS) is 29.8. The molecule has 0 saturated carbocycles. The lowest BCUT2D eigenvalue weighted by Crippen LogP contribution is -2.59. The third kappa shape index (κ3) is 1.56. The van der Waals surface area contributed by atoms with Gasteiger partial charge in [-0.15, -0.1) is 0 Å². The van der Waals surface area contributed by atoms with Crippen LogP contribution in [-0.2, 0) is 14.9 Å². The zero-order chi connectivity index (χ0) is 16.5. The van der Waals surface area contributed by atoms with Gasteiger partial charge in [0.1, 0.15) is 6.17 Å². The summed E-state index contributed by atoms with van der Waals surface area (Å²) >= 11 is 3.75. The molecule has 122 valence electrons. The maximum atomic E-state index is 12.9. The smallest absolute Gasteiger partial charge is 0.314 e. The molecular weight excluding hydrogens is 368 g/mol. The summed E-state index contributed by atoms with van der Waals surface area (Å²) in [5, 5.41) is 3.69. The van der Waals surface area contributed by atoms with Gasteiger partial charge in [-0.1, -0.05) is 40.2 Å². The lowest BCUT2D eigenvalue weighted by Gasteiger charge is -2.50. The number of nitrogens with one attached hydrogen (secondary N) is 1. The van der Waals surface area contributed by atoms with Gasteiger partial charge >= 0.3 is 5.97 Å². The minimum absolute atomic E-state index is 0.0407. The van der Waals surface area contributed by atoms with Crippen molar-refractivity contribution in [2.45, 2.75) is 23.9 Å². The number of likely N-dealkylation sites (N-methyl/N-ethyl adjacent to an activating group) is 1. The molecule has 2 aromatic carbocycles. The molecule has 0 aliphatic carbocycles. The number of nitrogens with zero attached hydrogens (tertiary/aromatic N) is 1. The van der Waals surface area contributed by atoms with E-state index in [1.54, 1.807) is 0 Å². The summed E-state index contributed by atoms with van der Waals surface area (Å²) < 4.78 is 6.56. The van der Waals surface area contributed by atoms with Gasteiger partial charge in [0.05, 0.1) is 17.9 Å². The van der Waals surface area contributed by atoms with Crippen molar-refractivity contribution in [3.05, 3.63) is 58.1 Å². The Bertz CT molecular complexity index is 868. The van der Waals surface area contributed by atoms with Crippen molar-refractivity contribution < 1.29 is 9.53 Å². The van der Waals surface area contributed by atoms with Crippen molar-refractivity contribution in [1.82, 2.24) is 0 Å². The number of carbonyl (C=O) groups excluding carboxylic acids is 1. The van der Waals surface area contributed by atoms with E-state index in [-0.39, 0.29) is 23.5 Å². The zero-order valence-corrected chi connectivity index (χ0v) is 14.8. The highest BCUT2D eigenvalue weighted by Crippen LogP contribution is 2.61.